The number of hydrogen-bond donors (Lipinski definition) is 3. The molecule has 0 spiro atoms. The van der Waals surface area contributed by atoms with Crippen LogP contribution in [0.25, 0.3) is 0 Å². The van der Waals surface area contributed by atoms with Gasteiger partial charge in [-0.3, -0.25) is 24.5 Å². The molecule has 9 heteroatoms. The second kappa shape index (κ2) is 7.68. The molecule has 0 aliphatic carbocycles. The van der Waals surface area contributed by atoms with Crippen LogP contribution in [0.1, 0.15) is 6.92 Å². The van der Waals surface area contributed by atoms with Crippen molar-refractivity contribution in [3.63, 3.8) is 0 Å². The zero-order chi connectivity index (χ0) is 18.4. The highest BCUT2D eigenvalue weighted by Crippen LogP contribution is 2.23. The minimum atomic E-state index is -1.04. The maximum Gasteiger partial charge on any atom is 0.314 e. The fourth-order valence-electron chi connectivity index (χ4n) is 1.95. The zero-order valence-electron chi connectivity index (χ0n) is 13.1. The van der Waals surface area contributed by atoms with Gasteiger partial charge in [0.1, 0.15) is 5.69 Å². The highest BCUT2D eigenvalue weighted by Gasteiger charge is 2.19. The van der Waals surface area contributed by atoms with Crippen LogP contribution >= 0.6 is 0 Å². The number of nitrogens with zero attached hydrogens (tertiary/aromatic N) is 1. The van der Waals surface area contributed by atoms with Crippen molar-refractivity contribution in [2.24, 2.45) is 0 Å². The number of nitro benzene ring substituents is 1. The molecule has 0 saturated carbocycles. The van der Waals surface area contributed by atoms with E-state index in [1.165, 1.54) is 43.3 Å². The molecule has 0 saturated heterocycles. The lowest BCUT2D eigenvalue weighted by atomic mass is 10.2. The van der Waals surface area contributed by atoms with Crippen molar-refractivity contribution < 1.29 is 19.3 Å². The van der Waals surface area contributed by atoms with E-state index in [0.29, 0.717) is 11.4 Å². The third-order valence-corrected chi connectivity index (χ3v) is 3.02. The second-order valence-electron chi connectivity index (χ2n) is 4.94. The molecule has 0 bridgehead atoms. The van der Waals surface area contributed by atoms with Crippen molar-refractivity contribution in [1.82, 2.24) is 0 Å². The van der Waals surface area contributed by atoms with Crippen LogP contribution in [-0.2, 0) is 14.4 Å². The second-order valence-corrected chi connectivity index (χ2v) is 4.94. The summed E-state index contributed by atoms with van der Waals surface area (Å²) in [4.78, 5) is 45.0. The van der Waals surface area contributed by atoms with Gasteiger partial charge in [-0.05, 0) is 30.3 Å². The summed E-state index contributed by atoms with van der Waals surface area (Å²) in [6.07, 6.45) is 0. The molecule has 0 atom stereocenters. The van der Waals surface area contributed by atoms with Crippen LogP contribution in [0.3, 0.4) is 0 Å². The van der Waals surface area contributed by atoms with Crippen molar-refractivity contribution in [2.45, 2.75) is 6.92 Å². The SMILES string of the molecule is CC(=O)Nc1ccc(NC(=O)C(=O)Nc2ccccc2[N+](=O)[O-])cc1. The summed E-state index contributed by atoms with van der Waals surface area (Å²) >= 11 is 0. The average Bonchev–Trinajstić information content (AvgIpc) is 2.56. The van der Waals surface area contributed by atoms with Gasteiger partial charge in [-0.2, -0.15) is 0 Å². The molecule has 2 aromatic carbocycles. The Balaban J connectivity index is 2.02. The van der Waals surface area contributed by atoms with Gasteiger partial charge in [0.05, 0.1) is 4.92 Å². The van der Waals surface area contributed by atoms with Crippen molar-refractivity contribution >= 4 is 40.5 Å². The maximum atomic E-state index is 11.9. The Morgan fingerprint density at radius 1 is 0.840 bits per heavy atom. The molecule has 0 aromatic heterocycles. The van der Waals surface area contributed by atoms with Gasteiger partial charge in [-0.25, -0.2) is 0 Å². The third kappa shape index (κ3) is 4.86. The Hall–Kier alpha value is -3.75. The van der Waals surface area contributed by atoms with Crippen LogP contribution in [-0.4, -0.2) is 22.6 Å². The summed E-state index contributed by atoms with van der Waals surface area (Å²) in [5, 5.41) is 18.0. The van der Waals surface area contributed by atoms with E-state index in [1.807, 2.05) is 0 Å². The molecule has 2 aromatic rings. The Morgan fingerprint density at radius 2 is 1.36 bits per heavy atom. The van der Waals surface area contributed by atoms with E-state index in [1.54, 1.807) is 12.1 Å². The maximum absolute atomic E-state index is 11.9. The molecule has 0 fully saturated rings. The summed E-state index contributed by atoms with van der Waals surface area (Å²) in [5.41, 5.74) is 0.476. The van der Waals surface area contributed by atoms with Gasteiger partial charge < -0.3 is 16.0 Å². The molecule has 3 amide bonds. The lowest BCUT2D eigenvalue weighted by Gasteiger charge is -2.08. The lowest BCUT2D eigenvalue weighted by molar-refractivity contribution is -0.383. The van der Waals surface area contributed by atoms with Crippen molar-refractivity contribution in [3.05, 3.63) is 58.6 Å². The summed E-state index contributed by atoms with van der Waals surface area (Å²) in [6.45, 7) is 1.36. The van der Waals surface area contributed by atoms with Crippen LogP contribution < -0.4 is 16.0 Å². The normalized spacial score (nSPS) is 9.80. The highest BCUT2D eigenvalue weighted by atomic mass is 16.6. The van der Waals surface area contributed by atoms with Crippen LogP contribution in [0.2, 0.25) is 0 Å². The first-order valence-electron chi connectivity index (χ1n) is 7.10. The molecule has 2 rings (SSSR count). The van der Waals surface area contributed by atoms with Crippen LogP contribution in [0.15, 0.2) is 48.5 Å². The summed E-state index contributed by atoms with van der Waals surface area (Å²) < 4.78 is 0. The largest absolute Gasteiger partial charge is 0.326 e. The molecular weight excluding hydrogens is 328 g/mol. The summed E-state index contributed by atoms with van der Waals surface area (Å²) in [6, 6.07) is 11.6. The van der Waals surface area contributed by atoms with Crippen molar-refractivity contribution in [2.75, 3.05) is 16.0 Å². The first-order chi connectivity index (χ1) is 11.9. The van der Waals surface area contributed by atoms with E-state index < -0.39 is 16.7 Å². The molecule has 0 aliphatic heterocycles. The first-order valence-corrected chi connectivity index (χ1v) is 7.10. The fourth-order valence-corrected chi connectivity index (χ4v) is 1.95. The number of carbonyl (C=O) groups excluding carboxylic acids is 3. The number of benzene rings is 2. The van der Waals surface area contributed by atoms with Gasteiger partial charge >= 0.3 is 11.8 Å². The molecule has 0 unspecified atom stereocenters. The predicted molar refractivity (Wildman–Crippen MR) is 91.1 cm³/mol. The number of nitrogens with one attached hydrogen (secondary N) is 3. The average molecular weight is 342 g/mol. The number of carbonyl (C=O) groups is 3. The van der Waals surface area contributed by atoms with Gasteiger partial charge in [0.25, 0.3) is 5.69 Å². The molecule has 0 aliphatic rings. The summed E-state index contributed by atoms with van der Waals surface area (Å²) in [7, 11) is 0. The van der Waals surface area contributed by atoms with E-state index in [-0.39, 0.29) is 17.3 Å². The highest BCUT2D eigenvalue weighted by molar-refractivity contribution is 6.43. The van der Waals surface area contributed by atoms with Crippen LogP contribution in [0, 0.1) is 10.1 Å². The monoisotopic (exact) mass is 342 g/mol. The van der Waals surface area contributed by atoms with E-state index in [9.17, 15) is 24.5 Å². The van der Waals surface area contributed by atoms with E-state index in [2.05, 4.69) is 16.0 Å². The number of amides is 3. The van der Waals surface area contributed by atoms with Gasteiger partial charge in [-0.1, -0.05) is 12.1 Å². The lowest BCUT2D eigenvalue weighted by Crippen LogP contribution is -2.29. The zero-order valence-corrected chi connectivity index (χ0v) is 13.1. The third-order valence-electron chi connectivity index (χ3n) is 3.02. The first kappa shape index (κ1) is 17.6. The molecule has 25 heavy (non-hydrogen) atoms. The summed E-state index contributed by atoms with van der Waals surface area (Å²) in [5.74, 6) is -2.26. The van der Waals surface area contributed by atoms with E-state index in [0.717, 1.165) is 0 Å². The quantitative estimate of drug-likeness (QED) is 0.445. The van der Waals surface area contributed by atoms with Gasteiger partial charge in [-0.15, -0.1) is 0 Å². The van der Waals surface area contributed by atoms with E-state index >= 15 is 0 Å². The van der Waals surface area contributed by atoms with Gasteiger partial charge in [0.2, 0.25) is 5.91 Å². The smallest absolute Gasteiger partial charge is 0.314 e. The van der Waals surface area contributed by atoms with Crippen LogP contribution in [0.4, 0.5) is 22.7 Å². The number of rotatable bonds is 4. The Kier molecular flexibility index (Phi) is 5.41. The predicted octanol–water partition coefficient (Wildman–Crippen LogP) is 2.13. The number of para-hydroxylation sites is 2. The fraction of sp³-hybridized carbons (Fsp3) is 0.0625. The van der Waals surface area contributed by atoms with E-state index in [4.69, 9.17) is 0 Å². The molecule has 128 valence electrons. The standard InChI is InChI=1S/C16H14N4O5/c1-10(21)17-11-6-8-12(9-7-11)18-15(22)16(23)19-13-4-2-3-5-14(13)20(24)25/h2-9H,1H3,(H,17,21)(H,18,22)(H,19,23). The van der Waals surface area contributed by atoms with Gasteiger partial charge in [0.15, 0.2) is 0 Å². The Labute approximate surface area is 142 Å². The topological polar surface area (TPSA) is 130 Å². The van der Waals surface area contributed by atoms with Crippen molar-refractivity contribution in [1.29, 1.82) is 0 Å². The minimum absolute atomic E-state index is 0.0753. The molecule has 0 heterocycles. The number of anilines is 3. The molecular formula is C16H14N4O5. The molecule has 9 nitrogen and oxygen atoms in total. The number of hydrogen-bond acceptors (Lipinski definition) is 5. The van der Waals surface area contributed by atoms with Crippen molar-refractivity contribution in [3.8, 4) is 0 Å². The van der Waals surface area contributed by atoms with Gasteiger partial charge in [0, 0.05) is 24.4 Å². The number of nitro groups is 1. The minimum Gasteiger partial charge on any atom is -0.326 e. The molecule has 0 radical (unpaired) electrons. The molecule has 3 N–H and O–H groups in total. The Bertz CT molecular complexity index is 833. The Morgan fingerprint density at radius 3 is 1.92 bits per heavy atom. The van der Waals surface area contributed by atoms with Crippen LogP contribution in [0.5, 0.6) is 0 Å².